The Morgan fingerprint density at radius 1 is 1.11 bits per heavy atom. The summed E-state index contributed by atoms with van der Waals surface area (Å²) < 4.78 is 0. The summed E-state index contributed by atoms with van der Waals surface area (Å²) in [5.74, 6) is 1.52. The van der Waals surface area contributed by atoms with Crippen LogP contribution in [0.25, 0.3) is 0 Å². The molecule has 2 heteroatoms. The molecule has 27 heavy (non-hydrogen) atoms. The third kappa shape index (κ3) is 4.32. The Kier molecular flexibility index (Phi) is 5.46. The third-order valence-electron chi connectivity index (χ3n) is 7.30. The first-order valence-electron chi connectivity index (χ1n) is 11.0. The van der Waals surface area contributed by atoms with Crippen molar-refractivity contribution >= 4 is 13.3 Å². The quantitative estimate of drug-likeness (QED) is 0.801. The summed E-state index contributed by atoms with van der Waals surface area (Å²) in [5.41, 5.74) is 14.3. The molecule has 4 rings (SSSR count). The molecule has 142 valence electrons. The Morgan fingerprint density at radius 3 is 2.78 bits per heavy atom. The lowest BCUT2D eigenvalue weighted by molar-refractivity contribution is 0.417. The van der Waals surface area contributed by atoms with Crippen molar-refractivity contribution in [1.29, 1.82) is 0 Å². The number of hydrogen-bond acceptors (Lipinski definition) is 1. The van der Waals surface area contributed by atoms with Gasteiger partial charge in [-0.3, -0.25) is 0 Å². The summed E-state index contributed by atoms with van der Waals surface area (Å²) in [5, 5.41) is 0. The highest BCUT2D eigenvalue weighted by molar-refractivity contribution is 6.32. The highest BCUT2D eigenvalue weighted by Gasteiger charge is 2.35. The van der Waals surface area contributed by atoms with Crippen molar-refractivity contribution in [3.8, 4) is 0 Å². The second-order valence-electron chi connectivity index (χ2n) is 9.32. The molecule has 0 radical (unpaired) electrons. The lowest BCUT2D eigenvalue weighted by Gasteiger charge is -2.26. The van der Waals surface area contributed by atoms with Crippen LogP contribution < -0.4 is 11.2 Å². The largest absolute Gasteiger partial charge is 0.325 e. The van der Waals surface area contributed by atoms with E-state index in [1.807, 2.05) is 0 Å². The van der Waals surface area contributed by atoms with Gasteiger partial charge in [-0.25, -0.2) is 0 Å². The van der Waals surface area contributed by atoms with Gasteiger partial charge in [-0.1, -0.05) is 54.9 Å². The van der Waals surface area contributed by atoms with E-state index in [9.17, 15) is 0 Å². The highest BCUT2D eigenvalue weighted by Crippen LogP contribution is 2.42. The first-order valence-corrected chi connectivity index (χ1v) is 11.0. The summed E-state index contributed by atoms with van der Waals surface area (Å²) in [6.45, 7) is 2.24. The van der Waals surface area contributed by atoms with Crippen LogP contribution in [-0.4, -0.2) is 13.4 Å². The van der Waals surface area contributed by atoms with Crippen molar-refractivity contribution < 1.29 is 0 Å². The van der Waals surface area contributed by atoms with Gasteiger partial charge in [-0.05, 0) is 91.9 Å². The molecule has 3 atom stereocenters. The molecular weight excluding hydrogens is 325 g/mol. The van der Waals surface area contributed by atoms with E-state index < -0.39 is 0 Å². The van der Waals surface area contributed by atoms with Gasteiger partial charge in [0.1, 0.15) is 7.85 Å². The fraction of sp³-hybridized carbons (Fsp3) is 0.520. The van der Waals surface area contributed by atoms with Gasteiger partial charge in [-0.2, -0.15) is 0 Å². The first-order chi connectivity index (χ1) is 13.0. The molecule has 0 spiro atoms. The number of aryl methyl sites for hydroxylation is 2. The lowest BCUT2D eigenvalue weighted by atomic mass is 9.79. The summed E-state index contributed by atoms with van der Waals surface area (Å²) >= 11 is 0. The molecule has 0 saturated heterocycles. The minimum absolute atomic E-state index is 0.0848. The average molecular weight is 359 g/mol. The molecule has 0 unspecified atom stereocenters. The fourth-order valence-electron chi connectivity index (χ4n) is 5.35. The van der Waals surface area contributed by atoms with Gasteiger partial charge in [0.05, 0.1) is 0 Å². The summed E-state index contributed by atoms with van der Waals surface area (Å²) in [6, 6.07) is 16.4. The predicted octanol–water partition coefficient (Wildman–Crippen LogP) is 4.06. The van der Waals surface area contributed by atoms with Crippen molar-refractivity contribution in [1.82, 2.24) is 0 Å². The van der Waals surface area contributed by atoms with Gasteiger partial charge in [0.15, 0.2) is 0 Å². The molecule has 0 bridgehead atoms. The third-order valence-corrected chi connectivity index (χ3v) is 7.30. The van der Waals surface area contributed by atoms with Gasteiger partial charge >= 0.3 is 0 Å². The Bertz CT molecular complexity index is 799. The second-order valence-corrected chi connectivity index (χ2v) is 9.32. The summed E-state index contributed by atoms with van der Waals surface area (Å²) in [7, 11) is 2.19. The lowest BCUT2D eigenvalue weighted by Crippen LogP contribution is -2.35. The van der Waals surface area contributed by atoms with Gasteiger partial charge in [0.25, 0.3) is 0 Å². The molecule has 2 aliphatic rings. The molecule has 0 aliphatic heterocycles. The van der Waals surface area contributed by atoms with Crippen LogP contribution in [-0.2, 0) is 19.3 Å². The maximum absolute atomic E-state index is 6.53. The van der Waals surface area contributed by atoms with E-state index in [0.29, 0.717) is 5.92 Å². The molecule has 1 saturated carbocycles. The van der Waals surface area contributed by atoms with Gasteiger partial charge < -0.3 is 5.73 Å². The molecule has 0 aromatic heterocycles. The summed E-state index contributed by atoms with van der Waals surface area (Å²) in [6.07, 6.45) is 11.1. The number of benzene rings is 2. The molecule has 2 aromatic rings. The monoisotopic (exact) mass is 359 g/mol. The Labute approximate surface area is 166 Å². The maximum atomic E-state index is 6.53. The van der Waals surface area contributed by atoms with Crippen LogP contribution in [0, 0.1) is 5.92 Å². The molecular formula is C25H34BN. The van der Waals surface area contributed by atoms with Gasteiger partial charge in [-0.15, -0.1) is 0 Å². The van der Waals surface area contributed by atoms with Crippen molar-refractivity contribution in [2.45, 2.75) is 76.2 Å². The zero-order valence-electron chi connectivity index (χ0n) is 17.1. The molecule has 2 N–H and O–H groups in total. The van der Waals surface area contributed by atoms with Gasteiger partial charge in [0.2, 0.25) is 0 Å². The minimum atomic E-state index is 0.0848. The number of hydrogen-bond donors (Lipinski definition) is 1. The molecule has 2 aromatic carbocycles. The summed E-state index contributed by atoms with van der Waals surface area (Å²) in [4.78, 5) is 0. The standard InChI is InChI=1S/C25H34BN/c1-2-25(27)13-12-23(17-25)22-11-10-20-14-19(8-9-21(20)16-22)7-6-18-4-3-5-24(26)15-18/h3-5,10-11,15-16,19,23H,2,6-9,12-14,17,26-27H2,1H3/t19-,23+,25-/m1/s1. The Balaban J connectivity index is 1.38. The predicted molar refractivity (Wildman–Crippen MR) is 119 cm³/mol. The van der Waals surface area contributed by atoms with E-state index in [4.69, 9.17) is 5.73 Å². The van der Waals surface area contributed by atoms with Crippen LogP contribution in [0.4, 0.5) is 0 Å². The van der Waals surface area contributed by atoms with Crippen molar-refractivity contribution in [2.24, 2.45) is 11.7 Å². The maximum Gasteiger partial charge on any atom is 0.139 e. The molecule has 0 amide bonds. The van der Waals surface area contributed by atoms with Gasteiger partial charge in [0, 0.05) is 5.54 Å². The Morgan fingerprint density at radius 2 is 2.00 bits per heavy atom. The molecule has 1 nitrogen and oxygen atoms in total. The minimum Gasteiger partial charge on any atom is -0.325 e. The average Bonchev–Trinajstić information content (AvgIpc) is 3.09. The normalized spacial score (nSPS) is 27.5. The van der Waals surface area contributed by atoms with E-state index in [0.717, 1.165) is 12.3 Å². The van der Waals surface area contributed by atoms with Crippen molar-refractivity contribution in [2.75, 3.05) is 0 Å². The number of fused-ring (bicyclic) bond motifs is 1. The van der Waals surface area contributed by atoms with Crippen molar-refractivity contribution in [3.63, 3.8) is 0 Å². The van der Waals surface area contributed by atoms with Crippen molar-refractivity contribution in [3.05, 3.63) is 64.7 Å². The van der Waals surface area contributed by atoms with E-state index in [-0.39, 0.29) is 5.54 Å². The van der Waals surface area contributed by atoms with Crippen LogP contribution >= 0.6 is 0 Å². The van der Waals surface area contributed by atoms with E-state index in [2.05, 4.69) is 57.2 Å². The molecule has 2 aliphatic carbocycles. The fourth-order valence-corrected chi connectivity index (χ4v) is 5.35. The van der Waals surface area contributed by atoms with E-state index in [1.54, 1.807) is 16.7 Å². The Hall–Kier alpha value is -1.54. The van der Waals surface area contributed by atoms with Crippen LogP contribution in [0.3, 0.4) is 0 Å². The number of rotatable bonds is 5. The van der Waals surface area contributed by atoms with E-state index in [1.165, 1.54) is 62.4 Å². The number of nitrogens with two attached hydrogens (primary N) is 1. The highest BCUT2D eigenvalue weighted by atomic mass is 14.8. The molecule has 1 fully saturated rings. The topological polar surface area (TPSA) is 26.0 Å². The van der Waals surface area contributed by atoms with Crippen LogP contribution in [0.1, 0.15) is 73.6 Å². The van der Waals surface area contributed by atoms with Crippen LogP contribution in [0.5, 0.6) is 0 Å². The second kappa shape index (κ2) is 7.83. The van der Waals surface area contributed by atoms with E-state index >= 15 is 0 Å². The molecule has 0 heterocycles. The smallest absolute Gasteiger partial charge is 0.139 e. The van der Waals surface area contributed by atoms with Crippen LogP contribution in [0.2, 0.25) is 0 Å². The first kappa shape index (κ1) is 18.8. The SMILES string of the molecule is Bc1cccc(CC[C@@H]2CCc3cc([C@H]4CC[C@](N)(CC)C4)ccc3C2)c1. The van der Waals surface area contributed by atoms with Crippen LogP contribution in [0.15, 0.2) is 42.5 Å². The zero-order valence-corrected chi connectivity index (χ0v) is 17.1. The zero-order chi connectivity index (χ0) is 18.9.